The first-order valence-corrected chi connectivity index (χ1v) is 7.06. The molecule has 0 atom stereocenters. The van der Waals surface area contributed by atoms with Crippen LogP contribution in [0.5, 0.6) is 0 Å². The predicted molar refractivity (Wildman–Crippen MR) is 79.0 cm³/mol. The van der Waals surface area contributed by atoms with Gasteiger partial charge in [-0.05, 0) is 17.5 Å². The van der Waals surface area contributed by atoms with E-state index in [1.807, 2.05) is 36.4 Å². The van der Waals surface area contributed by atoms with Gasteiger partial charge < -0.3 is 4.74 Å². The highest BCUT2D eigenvalue weighted by atomic mass is 32.2. The third kappa shape index (κ3) is 6.25. The number of hydrogen-bond acceptors (Lipinski definition) is 4. The van der Waals surface area contributed by atoms with E-state index in [1.54, 1.807) is 6.92 Å². The first-order chi connectivity index (χ1) is 9.13. The lowest BCUT2D eigenvalue weighted by molar-refractivity contribution is -0.140. The van der Waals surface area contributed by atoms with Gasteiger partial charge in [0, 0.05) is 19.1 Å². The van der Waals surface area contributed by atoms with E-state index < -0.39 is 0 Å². The normalized spacial score (nSPS) is 10.6. The molecule has 19 heavy (non-hydrogen) atoms. The van der Waals surface area contributed by atoms with Crippen molar-refractivity contribution in [3.8, 4) is 0 Å². The smallest absolute Gasteiger partial charge is 0.305 e. The van der Waals surface area contributed by atoms with Crippen LogP contribution in [0.1, 0.15) is 24.5 Å². The molecule has 0 amide bonds. The van der Waals surface area contributed by atoms with Crippen LogP contribution in [0.15, 0.2) is 30.3 Å². The number of carbonyl (C=O) groups excluding carboxylic acids is 2. The molecule has 0 heterocycles. The molecule has 1 aromatic rings. The summed E-state index contributed by atoms with van der Waals surface area (Å²) in [5, 5.41) is 0.114. The molecular weight excluding hydrogens is 260 g/mol. The van der Waals surface area contributed by atoms with Crippen LogP contribution < -0.4 is 0 Å². The van der Waals surface area contributed by atoms with Crippen molar-refractivity contribution in [1.82, 2.24) is 0 Å². The number of ether oxygens (including phenoxy) is 1. The van der Waals surface area contributed by atoms with Crippen LogP contribution in [0.3, 0.4) is 0 Å². The number of esters is 1. The molecule has 0 radical (unpaired) electrons. The lowest BCUT2D eigenvalue weighted by atomic mass is 10.0. The molecule has 0 aromatic heterocycles. The molecule has 0 N–H and O–H groups in total. The van der Waals surface area contributed by atoms with Gasteiger partial charge in [-0.1, -0.05) is 48.2 Å². The molecule has 0 saturated heterocycles. The van der Waals surface area contributed by atoms with Gasteiger partial charge >= 0.3 is 5.97 Å². The van der Waals surface area contributed by atoms with E-state index in [0.717, 1.165) is 11.1 Å². The molecule has 3 nitrogen and oxygen atoms in total. The summed E-state index contributed by atoms with van der Waals surface area (Å²) in [5.41, 5.74) is 2.19. The van der Waals surface area contributed by atoms with E-state index in [0.29, 0.717) is 18.6 Å². The summed E-state index contributed by atoms with van der Waals surface area (Å²) in [5.74, 6) is 0.464. The summed E-state index contributed by atoms with van der Waals surface area (Å²) >= 11 is 1.28. The molecule has 0 aliphatic rings. The topological polar surface area (TPSA) is 43.4 Å². The van der Waals surface area contributed by atoms with Crippen LogP contribution in [0.4, 0.5) is 0 Å². The first-order valence-electron chi connectivity index (χ1n) is 6.08. The Bertz CT molecular complexity index is 466. The van der Waals surface area contributed by atoms with Crippen molar-refractivity contribution in [2.24, 2.45) is 0 Å². The van der Waals surface area contributed by atoms with E-state index in [1.165, 1.54) is 18.9 Å². The number of hydrogen-bond donors (Lipinski definition) is 0. The van der Waals surface area contributed by atoms with Crippen molar-refractivity contribution < 1.29 is 14.3 Å². The number of methoxy groups -OCH3 is 1. The minimum atomic E-state index is -0.203. The zero-order valence-electron chi connectivity index (χ0n) is 11.2. The fourth-order valence-corrected chi connectivity index (χ4v) is 2.03. The quantitative estimate of drug-likeness (QED) is 0.750. The van der Waals surface area contributed by atoms with Gasteiger partial charge in [0.15, 0.2) is 5.12 Å². The number of rotatable bonds is 6. The van der Waals surface area contributed by atoms with Crippen LogP contribution in [0.25, 0.3) is 6.08 Å². The van der Waals surface area contributed by atoms with Gasteiger partial charge in [-0.3, -0.25) is 9.59 Å². The molecular formula is C15H18O3S. The summed E-state index contributed by atoms with van der Waals surface area (Å²) in [4.78, 5) is 22.0. The monoisotopic (exact) mass is 278 g/mol. The highest BCUT2D eigenvalue weighted by Crippen LogP contribution is 2.14. The minimum Gasteiger partial charge on any atom is -0.469 e. The molecule has 4 heteroatoms. The Morgan fingerprint density at radius 2 is 2.05 bits per heavy atom. The second kappa shape index (κ2) is 8.53. The third-order valence-corrected chi connectivity index (χ3v) is 3.33. The Morgan fingerprint density at radius 3 is 2.74 bits per heavy atom. The van der Waals surface area contributed by atoms with Crippen LogP contribution in [-0.4, -0.2) is 23.9 Å². The van der Waals surface area contributed by atoms with E-state index in [2.05, 4.69) is 4.74 Å². The maximum atomic E-state index is 11.2. The molecule has 0 aliphatic heterocycles. The fourth-order valence-electron chi connectivity index (χ4n) is 1.60. The van der Waals surface area contributed by atoms with Gasteiger partial charge in [0.2, 0.25) is 0 Å². The Morgan fingerprint density at radius 1 is 1.32 bits per heavy atom. The second-order valence-corrected chi connectivity index (χ2v) is 5.18. The maximum Gasteiger partial charge on any atom is 0.305 e. The lowest BCUT2D eigenvalue weighted by Gasteiger charge is -2.05. The van der Waals surface area contributed by atoms with E-state index >= 15 is 0 Å². The largest absolute Gasteiger partial charge is 0.469 e. The summed E-state index contributed by atoms with van der Waals surface area (Å²) in [6.07, 6.45) is 4.99. The molecule has 0 bridgehead atoms. The molecule has 0 spiro atoms. The Kier molecular flexibility index (Phi) is 6.97. The zero-order chi connectivity index (χ0) is 14.1. The molecule has 0 aliphatic carbocycles. The zero-order valence-corrected chi connectivity index (χ0v) is 12.0. The summed E-state index contributed by atoms with van der Waals surface area (Å²) in [7, 11) is 1.40. The van der Waals surface area contributed by atoms with E-state index in [4.69, 9.17) is 0 Å². The lowest BCUT2D eigenvalue weighted by Crippen LogP contribution is -2.02. The molecule has 1 aromatic carbocycles. The summed E-state index contributed by atoms with van der Waals surface area (Å²) in [6, 6.07) is 7.91. The van der Waals surface area contributed by atoms with Crippen molar-refractivity contribution in [3.05, 3.63) is 41.5 Å². The predicted octanol–water partition coefficient (Wildman–Crippen LogP) is 3.09. The molecule has 0 fully saturated rings. The summed E-state index contributed by atoms with van der Waals surface area (Å²) in [6.45, 7) is 1.56. The van der Waals surface area contributed by atoms with Crippen molar-refractivity contribution in [3.63, 3.8) is 0 Å². The number of benzene rings is 1. The van der Waals surface area contributed by atoms with Crippen molar-refractivity contribution in [2.75, 3.05) is 12.9 Å². The van der Waals surface area contributed by atoms with Crippen LogP contribution >= 0.6 is 11.8 Å². The Balaban J connectivity index is 2.62. The highest BCUT2D eigenvalue weighted by molar-refractivity contribution is 8.13. The number of aryl methyl sites for hydroxylation is 1. The van der Waals surface area contributed by atoms with Crippen molar-refractivity contribution >= 4 is 28.9 Å². The van der Waals surface area contributed by atoms with Crippen LogP contribution in [0, 0.1) is 0 Å². The molecule has 0 saturated carbocycles. The third-order valence-electron chi connectivity index (χ3n) is 2.56. The molecule has 0 unspecified atom stereocenters. The van der Waals surface area contributed by atoms with Gasteiger partial charge in [0.05, 0.1) is 7.11 Å². The van der Waals surface area contributed by atoms with Gasteiger partial charge in [0.1, 0.15) is 0 Å². The van der Waals surface area contributed by atoms with Gasteiger partial charge in [-0.2, -0.15) is 0 Å². The van der Waals surface area contributed by atoms with Crippen molar-refractivity contribution in [2.45, 2.75) is 19.8 Å². The van der Waals surface area contributed by atoms with E-state index in [-0.39, 0.29) is 11.1 Å². The summed E-state index contributed by atoms with van der Waals surface area (Å²) < 4.78 is 4.64. The van der Waals surface area contributed by atoms with Crippen molar-refractivity contribution in [1.29, 1.82) is 0 Å². The van der Waals surface area contributed by atoms with Gasteiger partial charge in [-0.15, -0.1) is 0 Å². The van der Waals surface area contributed by atoms with Gasteiger partial charge in [0.25, 0.3) is 0 Å². The fraction of sp³-hybridized carbons (Fsp3) is 0.333. The van der Waals surface area contributed by atoms with Crippen LogP contribution in [-0.2, 0) is 20.7 Å². The van der Waals surface area contributed by atoms with Gasteiger partial charge in [-0.25, -0.2) is 0 Å². The average Bonchev–Trinajstić information content (AvgIpc) is 2.41. The average molecular weight is 278 g/mol. The SMILES string of the molecule is COC(=O)CCc1ccccc1C=CCSC(C)=O. The number of thioether (sulfide) groups is 1. The minimum absolute atomic E-state index is 0.114. The first kappa shape index (κ1) is 15.5. The second-order valence-electron chi connectivity index (χ2n) is 3.98. The van der Waals surface area contributed by atoms with Crippen LogP contribution in [0.2, 0.25) is 0 Å². The molecule has 1 rings (SSSR count). The van der Waals surface area contributed by atoms with E-state index in [9.17, 15) is 9.59 Å². The Labute approximate surface area is 118 Å². The highest BCUT2D eigenvalue weighted by Gasteiger charge is 2.03. The maximum absolute atomic E-state index is 11.2. The Hall–Kier alpha value is -1.55. The number of carbonyl (C=O) groups is 2. The standard InChI is InChI=1S/C15H18O3S/c1-12(16)19-11-5-8-13-6-3-4-7-14(13)9-10-15(17)18-2/h3-8H,9-11H2,1-2H3. The molecule has 102 valence electrons.